The van der Waals surface area contributed by atoms with Gasteiger partial charge in [-0.25, -0.2) is 9.67 Å². The average Bonchev–Trinajstić information content (AvgIpc) is 3.03. The summed E-state index contributed by atoms with van der Waals surface area (Å²) < 4.78 is 7.40. The van der Waals surface area contributed by atoms with Gasteiger partial charge < -0.3 is 9.84 Å². The first-order chi connectivity index (χ1) is 10.7. The van der Waals surface area contributed by atoms with Gasteiger partial charge in [0.15, 0.2) is 5.82 Å². The lowest BCUT2D eigenvalue weighted by Crippen LogP contribution is -2.01. The van der Waals surface area contributed by atoms with Gasteiger partial charge in [0.05, 0.1) is 11.8 Å². The number of ether oxygens (including phenoxy) is 1. The van der Waals surface area contributed by atoms with Crippen molar-refractivity contribution >= 4 is 0 Å². The normalized spacial score (nSPS) is 12.1. The Morgan fingerprint density at radius 3 is 2.73 bits per heavy atom. The van der Waals surface area contributed by atoms with Crippen molar-refractivity contribution in [2.75, 3.05) is 0 Å². The van der Waals surface area contributed by atoms with Crippen LogP contribution in [0.25, 0.3) is 5.69 Å². The zero-order chi connectivity index (χ0) is 15.4. The maximum atomic E-state index is 9.58. The minimum atomic E-state index is -0.515. The topological polar surface area (TPSA) is 60.2 Å². The Morgan fingerprint density at radius 1 is 1.14 bits per heavy atom. The first-order valence-corrected chi connectivity index (χ1v) is 7.09. The molecular formula is C17H17N3O2. The predicted molar refractivity (Wildman–Crippen MR) is 82.8 cm³/mol. The molecule has 0 radical (unpaired) electrons. The molecule has 112 valence electrons. The molecule has 1 aromatic heterocycles. The molecule has 2 aromatic carbocycles. The lowest BCUT2D eigenvalue weighted by atomic mass is 10.1. The van der Waals surface area contributed by atoms with Gasteiger partial charge in [-0.05, 0) is 36.8 Å². The van der Waals surface area contributed by atoms with Gasteiger partial charge in [-0.1, -0.05) is 30.3 Å². The van der Waals surface area contributed by atoms with E-state index in [4.69, 9.17) is 4.74 Å². The summed E-state index contributed by atoms with van der Waals surface area (Å²) >= 11 is 0. The van der Waals surface area contributed by atoms with Crippen LogP contribution in [0, 0.1) is 0 Å². The summed E-state index contributed by atoms with van der Waals surface area (Å²) in [6.07, 6.45) is 1.15. The number of hydrogen-bond acceptors (Lipinski definition) is 4. The zero-order valence-electron chi connectivity index (χ0n) is 12.3. The summed E-state index contributed by atoms with van der Waals surface area (Å²) in [4.78, 5) is 4.24. The van der Waals surface area contributed by atoms with Crippen molar-refractivity contribution < 1.29 is 9.84 Å². The SMILES string of the molecule is CC(O)c1cccc(OCc2ncn(-c3ccccc3)n2)c1. The highest BCUT2D eigenvalue weighted by Gasteiger charge is 2.05. The Balaban J connectivity index is 1.67. The second-order valence-electron chi connectivity index (χ2n) is 4.98. The van der Waals surface area contributed by atoms with E-state index in [0.717, 1.165) is 11.3 Å². The molecule has 0 aliphatic carbocycles. The third-order valence-corrected chi connectivity index (χ3v) is 3.27. The quantitative estimate of drug-likeness (QED) is 0.786. The van der Waals surface area contributed by atoms with Crippen LogP contribution in [0.1, 0.15) is 24.4 Å². The molecule has 1 N–H and O–H groups in total. The van der Waals surface area contributed by atoms with Gasteiger partial charge in [0, 0.05) is 0 Å². The summed E-state index contributed by atoms with van der Waals surface area (Å²) in [5.74, 6) is 1.29. The summed E-state index contributed by atoms with van der Waals surface area (Å²) in [7, 11) is 0. The van der Waals surface area contributed by atoms with E-state index in [0.29, 0.717) is 11.6 Å². The van der Waals surface area contributed by atoms with Crippen molar-refractivity contribution in [3.8, 4) is 11.4 Å². The van der Waals surface area contributed by atoms with Crippen LogP contribution in [-0.4, -0.2) is 19.9 Å². The van der Waals surface area contributed by atoms with Crippen molar-refractivity contribution in [2.24, 2.45) is 0 Å². The van der Waals surface area contributed by atoms with E-state index < -0.39 is 6.10 Å². The number of hydrogen-bond donors (Lipinski definition) is 1. The number of rotatable bonds is 5. The lowest BCUT2D eigenvalue weighted by Gasteiger charge is -2.08. The molecule has 3 rings (SSSR count). The smallest absolute Gasteiger partial charge is 0.188 e. The van der Waals surface area contributed by atoms with E-state index in [1.807, 2.05) is 54.6 Å². The molecule has 0 saturated carbocycles. The van der Waals surface area contributed by atoms with E-state index in [-0.39, 0.29) is 6.61 Å². The molecular weight excluding hydrogens is 278 g/mol. The van der Waals surface area contributed by atoms with Crippen molar-refractivity contribution in [3.05, 3.63) is 72.3 Å². The fourth-order valence-corrected chi connectivity index (χ4v) is 2.08. The third-order valence-electron chi connectivity index (χ3n) is 3.27. The summed E-state index contributed by atoms with van der Waals surface area (Å²) in [5.41, 5.74) is 1.78. The monoisotopic (exact) mass is 295 g/mol. The van der Waals surface area contributed by atoms with Gasteiger partial charge in [-0.15, -0.1) is 5.10 Å². The molecule has 0 aliphatic heterocycles. The van der Waals surface area contributed by atoms with Crippen molar-refractivity contribution in [1.29, 1.82) is 0 Å². The molecule has 0 saturated heterocycles. The standard InChI is InChI=1S/C17H17N3O2/c1-13(21)14-6-5-9-16(10-14)22-11-17-18-12-20(19-17)15-7-3-2-4-8-15/h2-10,12-13,21H,11H2,1H3. The fourth-order valence-electron chi connectivity index (χ4n) is 2.08. The molecule has 0 aliphatic rings. The molecule has 1 atom stereocenters. The van der Waals surface area contributed by atoms with Gasteiger partial charge in [-0.2, -0.15) is 0 Å². The van der Waals surface area contributed by atoms with E-state index in [1.165, 1.54) is 0 Å². The largest absolute Gasteiger partial charge is 0.486 e. The molecule has 5 heteroatoms. The van der Waals surface area contributed by atoms with Gasteiger partial charge in [0.2, 0.25) is 0 Å². The third kappa shape index (κ3) is 3.32. The highest BCUT2D eigenvalue weighted by atomic mass is 16.5. The van der Waals surface area contributed by atoms with Crippen LogP contribution in [0.2, 0.25) is 0 Å². The van der Waals surface area contributed by atoms with Crippen LogP contribution >= 0.6 is 0 Å². The van der Waals surface area contributed by atoms with Crippen LogP contribution in [-0.2, 0) is 6.61 Å². The van der Waals surface area contributed by atoms with E-state index in [1.54, 1.807) is 17.9 Å². The second-order valence-corrected chi connectivity index (χ2v) is 4.98. The molecule has 1 heterocycles. The van der Waals surface area contributed by atoms with Crippen LogP contribution in [0.15, 0.2) is 60.9 Å². The molecule has 0 bridgehead atoms. The highest BCUT2D eigenvalue weighted by molar-refractivity contribution is 5.30. The first-order valence-electron chi connectivity index (χ1n) is 7.09. The maximum absolute atomic E-state index is 9.58. The zero-order valence-corrected chi connectivity index (χ0v) is 12.3. The highest BCUT2D eigenvalue weighted by Crippen LogP contribution is 2.19. The predicted octanol–water partition coefficient (Wildman–Crippen LogP) is 2.90. The number of aliphatic hydroxyl groups excluding tert-OH is 1. The van der Waals surface area contributed by atoms with E-state index in [9.17, 15) is 5.11 Å². The maximum Gasteiger partial charge on any atom is 0.188 e. The Labute approximate surface area is 128 Å². The number of benzene rings is 2. The lowest BCUT2D eigenvalue weighted by molar-refractivity contribution is 0.198. The molecule has 0 amide bonds. The van der Waals surface area contributed by atoms with Crippen molar-refractivity contribution in [3.63, 3.8) is 0 Å². The Bertz CT molecular complexity index is 738. The van der Waals surface area contributed by atoms with Crippen LogP contribution < -0.4 is 4.74 Å². The number of nitrogens with zero attached hydrogens (tertiary/aromatic N) is 3. The van der Waals surface area contributed by atoms with Gasteiger partial charge in [0.25, 0.3) is 0 Å². The fraction of sp³-hybridized carbons (Fsp3) is 0.176. The van der Waals surface area contributed by atoms with Gasteiger partial charge in [-0.3, -0.25) is 0 Å². The van der Waals surface area contributed by atoms with Crippen molar-refractivity contribution in [1.82, 2.24) is 14.8 Å². The van der Waals surface area contributed by atoms with Gasteiger partial charge >= 0.3 is 0 Å². The summed E-state index contributed by atoms with van der Waals surface area (Å²) in [6, 6.07) is 17.2. The Kier molecular flexibility index (Phi) is 4.16. The Morgan fingerprint density at radius 2 is 1.95 bits per heavy atom. The van der Waals surface area contributed by atoms with E-state index >= 15 is 0 Å². The summed E-state index contributed by atoms with van der Waals surface area (Å²) in [5, 5.41) is 14.0. The van der Waals surface area contributed by atoms with Crippen LogP contribution in [0.5, 0.6) is 5.75 Å². The Hall–Kier alpha value is -2.66. The minimum Gasteiger partial charge on any atom is -0.486 e. The molecule has 5 nitrogen and oxygen atoms in total. The number of aliphatic hydroxyl groups is 1. The summed E-state index contributed by atoms with van der Waals surface area (Å²) in [6.45, 7) is 2.01. The minimum absolute atomic E-state index is 0.281. The second kappa shape index (κ2) is 6.41. The molecule has 22 heavy (non-hydrogen) atoms. The molecule has 0 spiro atoms. The van der Waals surface area contributed by atoms with Crippen LogP contribution in [0.4, 0.5) is 0 Å². The van der Waals surface area contributed by atoms with Crippen molar-refractivity contribution in [2.45, 2.75) is 19.6 Å². The van der Waals surface area contributed by atoms with Gasteiger partial charge in [0.1, 0.15) is 18.7 Å². The molecule has 0 fully saturated rings. The number of para-hydroxylation sites is 1. The number of aromatic nitrogens is 3. The van der Waals surface area contributed by atoms with E-state index in [2.05, 4.69) is 10.1 Å². The molecule has 3 aromatic rings. The van der Waals surface area contributed by atoms with Crippen LogP contribution in [0.3, 0.4) is 0 Å². The average molecular weight is 295 g/mol. The first kappa shape index (κ1) is 14.3. The molecule has 1 unspecified atom stereocenters.